The highest BCUT2D eigenvalue weighted by molar-refractivity contribution is 7.13. The minimum atomic E-state index is -0.239. The fourth-order valence-corrected chi connectivity index (χ4v) is 3.86. The third-order valence-corrected chi connectivity index (χ3v) is 5.81. The molecule has 0 unspecified atom stereocenters. The van der Waals surface area contributed by atoms with Crippen molar-refractivity contribution in [1.82, 2.24) is 20.0 Å². The Bertz CT molecular complexity index is 930. The first-order chi connectivity index (χ1) is 12.5. The number of hydrogen-bond donors (Lipinski definition) is 1. The molecule has 0 amide bonds. The van der Waals surface area contributed by atoms with Crippen LogP contribution >= 0.6 is 11.3 Å². The lowest BCUT2D eigenvalue weighted by Gasteiger charge is -2.34. The summed E-state index contributed by atoms with van der Waals surface area (Å²) >= 11 is 1.51. The van der Waals surface area contributed by atoms with Gasteiger partial charge in [0.1, 0.15) is 11.3 Å². The van der Waals surface area contributed by atoms with Gasteiger partial charge in [-0.3, -0.25) is 0 Å². The molecule has 0 radical (unpaired) electrons. The van der Waals surface area contributed by atoms with E-state index < -0.39 is 0 Å². The van der Waals surface area contributed by atoms with E-state index in [0.717, 1.165) is 35.9 Å². The van der Waals surface area contributed by atoms with Crippen molar-refractivity contribution in [1.29, 1.82) is 0 Å². The minimum Gasteiger partial charge on any atom is -0.360 e. The first-order valence-corrected chi connectivity index (χ1v) is 9.45. The van der Waals surface area contributed by atoms with Crippen molar-refractivity contribution < 1.29 is 4.39 Å². The zero-order chi connectivity index (χ0) is 18.1. The molecule has 0 saturated heterocycles. The lowest BCUT2D eigenvalue weighted by atomic mass is 9.72. The maximum absolute atomic E-state index is 13.2. The van der Waals surface area contributed by atoms with Gasteiger partial charge in [0.25, 0.3) is 0 Å². The van der Waals surface area contributed by atoms with E-state index >= 15 is 0 Å². The van der Waals surface area contributed by atoms with Crippen molar-refractivity contribution in [2.45, 2.75) is 26.7 Å². The number of allylic oxidation sites excluding steroid dienone is 1. The second kappa shape index (κ2) is 6.64. The maximum atomic E-state index is 13.2. The summed E-state index contributed by atoms with van der Waals surface area (Å²) < 4.78 is 15.1. The van der Waals surface area contributed by atoms with E-state index in [9.17, 15) is 4.39 Å². The van der Waals surface area contributed by atoms with Gasteiger partial charge in [0.2, 0.25) is 5.13 Å². The van der Waals surface area contributed by atoms with Crippen LogP contribution in [0.4, 0.5) is 9.52 Å². The molecule has 0 bridgehead atoms. The number of benzene rings is 1. The fourth-order valence-electron chi connectivity index (χ4n) is 3.39. The van der Waals surface area contributed by atoms with E-state index in [4.69, 9.17) is 0 Å². The molecule has 26 heavy (non-hydrogen) atoms. The Balaban J connectivity index is 1.54. The molecule has 1 N–H and O–H groups in total. The van der Waals surface area contributed by atoms with Gasteiger partial charge in [-0.15, -0.1) is 10.2 Å². The highest BCUT2D eigenvalue weighted by atomic mass is 32.1. The Morgan fingerprint density at radius 1 is 1.31 bits per heavy atom. The monoisotopic (exact) mass is 369 g/mol. The largest absolute Gasteiger partial charge is 0.360 e. The van der Waals surface area contributed by atoms with Crippen LogP contribution < -0.4 is 5.32 Å². The Morgan fingerprint density at radius 2 is 2.12 bits per heavy atom. The number of rotatable bonds is 5. The van der Waals surface area contributed by atoms with Crippen molar-refractivity contribution in [3.63, 3.8) is 0 Å². The van der Waals surface area contributed by atoms with Crippen LogP contribution in [0.3, 0.4) is 0 Å². The second-order valence-electron chi connectivity index (χ2n) is 6.93. The Kier molecular flexibility index (Phi) is 4.32. The van der Waals surface area contributed by atoms with E-state index in [1.165, 1.54) is 34.6 Å². The van der Waals surface area contributed by atoms with Gasteiger partial charge in [0.05, 0.1) is 17.6 Å². The molecule has 0 fully saturated rings. The van der Waals surface area contributed by atoms with Gasteiger partial charge in [-0.2, -0.15) is 5.10 Å². The van der Waals surface area contributed by atoms with Gasteiger partial charge in [0.15, 0.2) is 0 Å². The number of aromatic nitrogens is 4. The van der Waals surface area contributed by atoms with Crippen molar-refractivity contribution in [3.05, 3.63) is 58.6 Å². The number of fused-ring (bicyclic) bond motifs is 1. The van der Waals surface area contributed by atoms with Crippen LogP contribution in [-0.2, 0) is 6.42 Å². The van der Waals surface area contributed by atoms with E-state index in [0.29, 0.717) is 0 Å². The van der Waals surface area contributed by atoms with Crippen LogP contribution in [0.5, 0.6) is 0 Å². The van der Waals surface area contributed by atoms with E-state index in [1.54, 1.807) is 17.6 Å². The summed E-state index contributed by atoms with van der Waals surface area (Å²) in [7, 11) is 0. The molecule has 5 nitrogen and oxygen atoms in total. The fraction of sp³-hybridized carbons (Fsp3) is 0.316. The van der Waals surface area contributed by atoms with Gasteiger partial charge in [-0.1, -0.05) is 23.8 Å². The van der Waals surface area contributed by atoms with Crippen molar-refractivity contribution in [2.75, 3.05) is 11.9 Å². The van der Waals surface area contributed by atoms with E-state index in [2.05, 4.69) is 40.5 Å². The standard InChI is InChI=1S/C19H20FN5S/c1-13-9-17-14(11-23-25(17)16-5-3-15(20)4-6-16)10-19(13,2)7-8-21-18-24-22-12-26-18/h3-6,9,11-12H,7-8,10H2,1-2H3,(H,21,24)/t19-/m0/s1. The number of hydrogen-bond acceptors (Lipinski definition) is 5. The van der Waals surface area contributed by atoms with Crippen LogP contribution in [0, 0.1) is 11.2 Å². The summed E-state index contributed by atoms with van der Waals surface area (Å²) in [6.45, 7) is 5.31. The molecule has 4 rings (SSSR count). The number of anilines is 1. The summed E-state index contributed by atoms with van der Waals surface area (Å²) in [6.07, 6.45) is 6.07. The minimum absolute atomic E-state index is 0.0708. The smallest absolute Gasteiger partial charge is 0.205 e. The van der Waals surface area contributed by atoms with E-state index in [-0.39, 0.29) is 11.2 Å². The van der Waals surface area contributed by atoms with Crippen LogP contribution in [0.15, 0.2) is 41.5 Å². The zero-order valence-corrected chi connectivity index (χ0v) is 15.6. The van der Waals surface area contributed by atoms with Gasteiger partial charge in [-0.25, -0.2) is 9.07 Å². The Hall–Kier alpha value is -2.54. The van der Waals surface area contributed by atoms with Crippen molar-refractivity contribution >= 4 is 22.5 Å². The van der Waals surface area contributed by atoms with Gasteiger partial charge >= 0.3 is 0 Å². The molecule has 0 aliphatic heterocycles. The maximum Gasteiger partial charge on any atom is 0.205 e. The summed E-state index contributed by atoms with van der Waals surface area (Å²) in [6, 6.07) is 6.44. The highest BCUT2D eigenvalue weighted by Crippen LogP contribution is 2.41. The molecule has 134 valence electrons. The Labute approximate surface area is 155 Å². The zero-order valence-electron chi connectivity index (χ0n) is 14.7. The number of nitrogens with zero attached hydrogens (tertiary/aromatic N) is 4. The lowest BCUT2D eigenvalue weighted by Crippen LogP contribution is -2.27. The van der Waals surface area contributed by atoms with Crippen LogP contribution in [0.2, 0.25) is 0 Å². The molecular weight excluding hydrogens is 349 g/mol. The molecule has 1 aliphatic rings. The summed E-state index contributed by atoms with van der Waals surface area (Å²) in [5.74, 6) is -0.239. The lowest BCUT2D eigenvalue weighted by molar-refractivity contribution is 0.370. The molecular formula is C19H20FN5S. The summed E-state index contributed by atoms with van der Waals surface area (Å²) in [5, 5.41) is 16.6. The molecule has 3 aromatic rings. The molecule has 0 saturated carbocycles. The third-order valence-electron chi connectivity index (χ3n) is 5.16. The number of halogens is 1. The first-order valence-electron chi connectivity index (χ1n) is 8.57. The van der Waals surface area contributed by atoms with Gasteiger partial charge < -0.3 is 5.32 Å². The molecule has 1 atom stereocenters. The van der Waals surface area contributed by atoms with Crippen LogP contribution in [0.25, 0.3) is 11.8 Å². The topological polar surface area (TPSA) is 55.6 Å². The SMILES string of the molecule is CC1=Cc2c(cnn2-c2ccc(F)cc2)C[C@]1(C)CCNc1nncs1. The average molecular weight is 369 g/mol. The first kappa shape index (κ1) is 16.9. The van der Waals surface area contributed by atoms with Crippen molar-refractivity contribution in [2.24, 2.45) is 5.41 Å². The normalized spacial score (nSPS) is 19.1. The molecule has 0 spiro atoms. The summed E-state index contributed by atoms with van der Waals surface area (Å²) in [4.78, 5) is 0. The molecule has 1 aromatic carbocycles. The predicted octanol–water partition coefficient (Wildman–Crippen LogP) is 4.33. The van der Waals surface area contributed by atoms with E-state index in [1.807, 2.05) is 10.9 Å². The quantitative estimate of drug-likeness (QED) is 0.727. The van der Waals surface area contributed by atoms with Gasteiger partial charge in [-0.05, 0) is 61.1 Å². The van der Waals surface area contributed by atoms with Crippen LogP contribution in [-0.4, -0.2) is 26.5 Å². The second-order valence-corrected chi connectivity index (χ2v) is 7.76. The molecule has 7 heteroatoms. The Morgan fingerprint density at radius 3 is 2.85 bits per heavy atom. The van der Waals surface area contributed by atoms with Crippen LogP contribution in [0.1, 0.15) is 31.5 Å². The average Bonchev–Trinajstić information content (AvgIpc) is 3.26. The third kappa shape index (κ3) is 3.14. The predicted molar refractivity (Wildman–Crippen MR) is 102 cm³/mol. The van der Waals surface area contributed by atoms with Crippen molar-refractivity contribution in [3.8, 4) is 5.69 Å². The molecule has 2 aromatic heterocycles. The molecule has 1 aliphatic carbocycles. The number of nitrogens with one attached hydrogen (secondary N) is 1. The summed E-state index contributed by atoms with van der Waals surface area (Å²) in [5.41, 5.74) is 6.31. The molecule has 2 heterocycles. The van der Waals surface area contributed by atoms with Gasteiger partial charge in [0, 0.05) is 6.54 Å². The highest BCUT2D eigenvalue weighted by Gasteiger charge is 2.32.